The summed E-state index contributed by atoms with van der Waals surface area (Å²) in [5.41, 5.74) is 1.83. The van der Waals surface area contributed by atoms with Crippen LogP contribution in [0.5, 0.6) is 0 Å². The van der Waals surface area contributed by atoms with Gasteiger partial charge in [0.05, 0.1) is 17.1 Å². The molecule has 0 unspecified atom stereocenters. The first kappa shape index (κ1) is 11.7. The third-order valence-electron chi connectivity index (χ3n) is 2.41. The van der Waals surface area contributed by atoms with E-state index in [2.05, 4.69) is 9.72 Å². The van der Waals surface area contributed by atoms with Gasteiger partial charge in [-0.25, -0.2) is 9.78 Å². The third kappa shape index (κ3) is 1.92. The number of carbonyl (C=O) groups excluding carboxylic acids is 1. The maximum Gasteiger partial charge on any atom is 0.349 e. The Labute approximate surface area is 115 Å². The van der Waals surface area contributed by atoms with E-state index in [-0.39, 0.29) is 5.97 Å². The van der Waals surface area contributed by atoms with Gasteiger partial charge in [0.1, 0.15) is 4.88 Å². The van der Waals surface area contributed by atoms with Crippen LogP contribution in [0.3, 0.4) is 0 Å². The Bertz CT molecular complexity index is 697. The normalized spacial score (nSPS) is 11.0. The molecular formula is C11H7ClN2O2S2. The number of methoxy groups -OCH3 is 1. The summed E-state index contributed by atoms with van der Waals surface area (Å²) < 4.78 is 7.22. The van der Waals surface area contributed by atoms with Crippen molar-refractivity contribution < 1.29 is 9.53 Å². The zero-order chi connectivity index (χ0) is 12.7. The number of hydrogen-bond donors (Lipinski definition) is 0. The first-order valence-corrected chi connectivity index (χ1v) is 7.06. The SMILES string of the molecule is COC(=O)c1cn2cc(-c3csc(Cl)c3)nc2s1. The predicted molar refractivity (Wildman–Crippen MR) is 72.7 cm³/mol. The third-order valence-corrected chi connectivity index (χ3v) is 4.47. The number of hydrogen-bond acceptors (Lipinski definition) is 5. The largest absolute Gasteiger partial charge is 0.465 e. The van der Waals surface area contributed by atoms with Crippen LogP contribution in [0.25, 0.3) is 16.2 Å². The minimum atomic E-state index is -0.342. The summed E-state index contributed by atoms with van der Waals surface area (Å²) in [5.74, 6) is -0.342. The molecule has 0 N–H and O–H groups in total. The van der Waals surface area contributed by atoms with Crippen molar-refractivity contribution in [3.63, 3.8) is 0 Å². The van der Waals surface area contributed by atoms with Crippen LogP contribution < -0.4 is 0 Å². The summed E-state index contributed by atoms with van der Waals surface area (Å²) in [6, 6.07) is 1.87. The molecule has 3 aromatic heterocycles. The molecule has 0 aromatic carbocycles. The van der Waals surface area contributed by atoms with E-state index < -0.39 is 0 Å². The zero-order valence-corrected chi connectivity index (χ0v) is 11.6. The van der Waals surface area contributed by atoms with Crippen molar-refractivity contribution in [1.82, 2.24) is 9.38 Å². The van der Waals surface area contributed by atoms with Crippen molar-refractivity contribution in [2.24, 2.45) is 0 Å². The molecule has 0 aliphatic heterocycles. The molecule has 0 spiro atoms. The van der Waals surface area contributed by atoms with E-state index in [9.17, 15) is 4.79 Å². The lowest BCUT2D eigenvalue weighted by molar-refractivity contribution is 0.0606. The van der Waals surface area contributed by atoms with Gasteiger partial charge >= 0.3 is 5.97 Å². The lowest BCUT2D eigenvalue weighted by Gasteiger charge is -1.91. The number of aromatic nitrogens is 2. The average molecular weight is 299 g/mol. The van der Waals surface area contributed by atoms with Crippen molar-refractivity contribution in [3.8, 4) is 11.3 Å². The van der Waals surface area contributed by atoms with E-state index in [4.69, 9.17) is 11.6 Å². The summed E-state index contributed by atoms with van der Waals surface area (Å²) in [7, 11) is 1.36. The van der Waals surface area contributed by atoms with E-state index in [1.165, 1.54) is 29.8 Å². The number of halogens is 1. The number of esters is 1. The molecule has 0 bridgehead atoms. The second kappa shape index (κ2) is 4.38. The van der Waals surface area contributed by atoms with Gasteiger partial charge in [0, 0.05) is 23.3 Å². The molecule has 3 rings (SSSR count). The van der Waals surface area contributed by atoms with Crippen LogP contribution in [-0.2, 0) is 4.74 Å². The molecule has 0 saturated heterocycles. The monoisotopic (exact) mass is 298 g/mol. The van der Waals surface area contributed by atoms with Crippen LogP contribution in [0.2, 0.25) is 4.34 Å². The summed E-state index contributed by atoms with van der Waals surface area (Å²) in [6.07, 6.45) is 3.59. The van der Waals surface area contributed by atoms with Crippen molar-refractivity contribution >= 4 is 45.2 Å². The number of thiazole rings is 1. The smallest absolute Gasteiger partial charge is 0.349 e. The number of fused-ring (bicyclic) bond motifs is 1. The Hall–Kier alpha value is -1.37. The molecule has 0 fully saturated rings. The first-order valence-electron chi connectivity index (χ1n) is 4.98. The highest BCUT2D eigenvalue weighted by Gasteiger charge is 2.13. The summed E-state index contributed by atoms with van der Waals surface area (Å²) in [5, 5.41) is 1.95. The molecule has 0 aliphatic rings. The van der Waals surface area contributed by atoms with Gasteiger partial charge in [-0.3, -0.25) is 4.40 Å². The van der Waals surface area contributed by atoms with Crippen molar-refractivity contribution in [1.29, 1.82) is 0 Å². The maximum atomic E-state index is 11.4. The van der Waals surface area contributed by atoms with E-state index in [1.807, 2.05) is 22.0 Å². The molecule has 18 heavy (non-hydrogen) atoms. The second-order valence-electron chi connectivity index (χ2n) is 3.54. The van der Waals surface area contributed by atoms with Gasteiger partial charge in [-0.15, -0.1) is 11.3 Å². The van der Waals surface area contributed by atoms with Gasteiger partial charge in [0.25, 0.3) is 0 Å². The predicted octanol–water partition coefficient (Wildman–Crippen LogP) is 3.56. The molecule has 92 valence electrons. The molecular weight excluding hydrogens is 292 g/mol. The van der Waals surface area contributed by atoms with Gasteiger partial charge in [0.15, 0.2) is 4.96 Å². The van der Waals surface area contributed by atoms with E-state index in [1.54, 1.807) is 6.20 Å². The molecule has 0 radical (unpaired) electrons. The maximum absolute atomic E-state index is 11.4. The van der Waals surface area contributed by atoms with Gasteiger partial charge in [-0.1, -0.05) is 22.9 Å². The minimum absolute atomic E-state index is 0.342. The highest BCUT2D eigenvalue weighted by atomic mass is 35.5. The fourth-order valence-electron chi connectivity index (χ4n) is 1.57. The Morgan fingerprint density at radius 2 is 2.33 bits per heavy atom. The van der Waals surface area contributed by atoms with Gasteiger partial charge in [0.2, 0.25) is 0 Å². The molecule has 3 heterocycles. The van der Waals surface area contributed by atoms with E-state index in [0.717, 1.165) is 20.6 Å². The number of carbonyl (C=O) groups is 1. The number of imidazole rings is 1. The Morgan fingerprint density at radius 3 is 2.94 bits per heavy atom. The Morgan fingerprint density at radius 1 is 1.50 bits per heavy atom. The summed E-state index contributed by atoms with van der Waals surface area (Å²) in [4.78, 5) is 17.1. The standard InChI is InChI=1S/C11H7ClN2O2S2/c1-16-10(15)8-4-14-3-7(13-11(14)18-8)6-2-9(12)17-5-6/h2-5H,1H3. The first-order chi connectivity index (χ1) is 8.67. The number of nitrogens with zero attached hydrogens (tertiary/aromatic N) is 2. The number of rotatable bonds is 2. The van der Waals surface area contributed by atoms with Crippen LogP contribution in [-0.4, -0.2) is 22.5 Å². The fraction of sp³-hybridized carbons (Fsp3) is 0.0909. The Kier molecular flexibility index (Phi) is 2.85. The van der Waals surface area contributed by atoms with E-state index in [0.29, 0.717) is 4.88 Å². The molecule has 0 amide bonds. The van der Waals surface area contributed by atoms with Crippen LogP contribution in [0, 0.1) is 0 Å². The Balaban J connectivity index is 2.03. The number of ether oxygens (including phenoxy) is 1. The zero-order valence-electron chi connectivity index (χ0n) is 9.21. The van der Waals surface area contributed by atoms with Crippen LogP contribution >= 0.6 is 34.3 Å². The lowest BCUT2D eigenvalue weighted by Crippen LogP contribution is -1.97. The van der Waals surface area contributed by atoms with Crippen molar-refractivity contribution in [2.45, 2.75) is 0 Å². The average Bonchev–Trinajstić information content (AvgIpc) is 3.00. The molecule has 3 aromatic rings. The molecule has 0 atom stereocenters. The minimum Gasteiger partial charge on any atom is -0.465 e. The van der Waals surface area contributed by atoms with Gasteiger partial charge in [-0.2, -0.15) is 0 Å². The van der Waals surface area contributed by atoms with Crippen molar-refractivity contribution in [3.05, 3.63) is 33.1 Å². The van der Waals surface area contributed by atoms with Crippen molar-refractivity contribution in [2.75, 3.05) is 7.11 Å². The van der Waals surface area contributed by atoms with Crippen LogP contribution in [0.15, 0.2) is 23.8 Å². The quantitative estimate of drug-likeness (QED) is 0.679. The highest BCUT2D eigenvalue weighted by Crippen LogP contribution is 2.29. The fourth-order valence-corrected chi connectivity index (χ4v) is 3.33. The van der Waals surface area contributed by atoms with Crippen LogP contribution in [0.1, 0.15) is 9.67 Å². The van der Waals surface area contributed by atoms with Gasteiger partial charge < -0.3 is 4.74 Å². The van der Waals surface area contributed by atoms with E-state index >= 15 is 0 Å². The topological polar surface area (TPSA) is 43.6 Å². The lowest BCUT2D eigenvalue weighted by atomic mass is 10.3. The summed E-state index contributed by atoms with van der Waals surface area (Å²) in [6.45, 7) is 0. The van der Waals surface area contributed by atoms with Gasteiger partial charge in [-0.05, 0) is 6.07 Å². The second-order valence-corrected chi connectivity index (χ2v) is 6.09. The molecule has 7 heteroatoms. The molecule has 0 saturated carbocycles. The molecule has 4 nitrogen and oxygen atoms in total. The molecule has 0 aliphatic carbocycles. The summed E-state index contributed by atoms with van der Waals surface area (Å²) >= 11 is 8.66. The number of thiophene rings is 1. The van der Waals surface area contributed by atoms with Crippen LogP contribution in [0.4, 0.5) is 0 Å². The highest BCUT2D eigenvalue weighted by molar-refractivity contribution is 7.18.